The molecule has 2 heterocycles. The number of methoxy groups -OCH3 is 2. The number of amidine groups is 1. The Morgan fingerprint density at radius 3 is 2.81 bits per heavy atom. The predicted octanol–water partition coefficient (Wildman–Crippen LogP) is 4.17. The first-order valence-electron chi connectivity index (χ1n) is 9.22. The third-order valence-electron chi connectivity index (χ3n) is 5.04. The highest BCUT2D eigenvalue weighted by Crippen LogP contribution is 2.32. The Hall–Kier alpha value is -2.95. The summed E-state index contributed by atoms with van der Waals surface area (Å²) in [5.74, 6) is 3.93. The maximum Gasteiger partial charge on any atom is 0.160 e. The van der Waals surface area contributed by atoms with Gasteiger partial charge in [0.1, 0.15) is 5.76 Å². The maximum absolute atomic E-state index is 5.84. The van der Waals surface area contributed by atoms with E-state index in [1.54, 1.807) is 14.2 Å². The number of nitrogens with one attached hydrogen (secondary N) is 1. The second-order valence-electron chi connectivity index (χ2n) is 6.74. The van der Waals surface area contributed by atoms with Crippen LogP contribution < -0.4 is 14.8 Å². The second-order valence-corrected chi connectivity index (χ2v) is 6.74. The zero-order valence-electron chi connectivity index (χ0n) is 15.7. The van der Waals surface area contributed by atoms with E-state index in [1.807, 2.05) is 24.5 Å². The van der Waals surface area contributed by atoms with Gasteiger partial charge in [-0.2, -0.15) is 0 Å². The summed E-state index contributed by atoms with van der Waals surface area (Å²) < 4.78 is 16.5. The molecule has 5 heteroatoms. The molecule has 2 aromatic carbocycles. The van der Waals surface area contributed by atoms with Gasteiger partial charge in [-0.1, -0.05) is 30.3 Å². The molecule has 0 saturated heterocycles. The van der Waals surface area contributed by atoms with Gasteiger partial charge in [0.05, 0.1) is 32.9 Å². The SMILES string of the molecule is COc1ccc(CCNC2=NCC(c3occ4ccccc34)C2)cc1OC. The number of ether oxygens (including phenoxy) is 2. The van der Waals surface area contributed by atoms with Crippen LogP contribution in [0.5, 0.6) is 11.5 Å². The van der Waals surface area contributed by atoms with Crippen molar-refractivity contribution in [2.75, 3.05) is 27.3 Å². The Morgan fingerprint density at radius 2 is 1.96 bits per heavy atom. The molecule has 1 aliphatic heterocycles. The molecule has 0 radical (unpaired) electrons. The van der Waals surface area contributed by atoms with Crippen LogP contribution in [-0.2, 0) is 6.42 Å². The van der Waals surface area contributed by atoms with E-state index in [4.69, 9.17) is 13.9 Å². The van der Waals surface area contributed by atoms with Crippen molar-refractivity contribution in [1.82, 2.24) is 5.32 Å². The number of aliphatic imine (C=N–C) groups is 1. The minimum absolute atomic E-state index is 0.313. The maximum atomic E-state index is 5.84. The smallest absolute Gasteiger partial charge is 0.160 e. The standard InChI is InChI=1S/C22H24N2O3/c1-25-19-8-7-15(11-20(19)26-2)9-10-23-21-12-17(13-24-21)22-18-6-4-3-5-16(18)14-27-22/h3-8,11,14,17H,9-10,12-13H2,1-2H3,(H,23,24). The third-order valence-corrected chi connectivity index (χ3v) is 5.04. The number of rotatable bonds is 6. The van der Waals surface area contributed by atoms with Gasteiger partial charge in [0.25, 0.3) is 0 Å². The lowest BCUT2D eigenvalue weighted by atomic mass is 10.0. The molecule has 1 atom stereocenters. The molecule has 0 spiro atoms. The van der Waals surface area contributed by atoms with Crippen LogP contribution in [0.3, 0.4) is 0 Å². The fourth-order valence-corrected chi connectivity index (χ4v) is 3.60. The molecule has 27 heavy (non-hydrogen) atoms. The average Bonchev–Trinajstić information content (AvgIpc) is 3.34. The molecule has 1 aliphatic rings. The molecule has 0 saturated carbocycles. The summed E-state index contributed by atoms with van der Waals surface area (Å²) in [6.45, 7) is 1.61. The van der Waals surface area contributed by atoms with Crippen molar-refractivity contribution in [3.8, 4) is 11.5 Å². The van der Waals surface area contributed by atoms with Gasteiger partial charge in [-0.05, 0) is 24.1 Å². The van der Waals surface area contributed by atoms with Crippen molar-refractivity contribution in [3.05, 3.63) is 60.1 Å². The highest BCUT2D eigenvalue weighted by Gasteiger charge is 2.24. The second kappa shape index (κ2) is 7.74. The van der Waals surface area contributed by atoms with Gasteiger partial charge in [0.15, 0.2) is 11.5 Å². The van der Waals surface area contributed by atoms with E-state index >= 15 is 0 Å². The summed E-state index contributed by atoms with van der Waals surface area (Å²) >= 11 is 0. The lowest BCUT2D eigenvalue weighted by Crippen LogP contribution is -2.24. The van der Waals surface area contributed by atoms with Crippen molar-refractivity contribution in [1.29, 1.82) is 0 Å². The first-order chi connectivity index (χ1) is 13.3. The van der Waals surface area contributed by atoms with Gasteiger partial charge in [0, 0.05) is 29.7 Å². The molecule has 0 fully saturated rings. The summed E-state index contributed by atoms with van der Waals surface area (Å²) in [5, 5.41) is 5.83. The molecule has 1 N–H and O–H groups in total. The van der Waals surface area contributed by atoms with E-state index in [-0.39, 0.29) is 0 Å². The highest BCUT2D eigenvalue weighted by atomic mass is 16.5. The van der Waals surface area contributed by atoms with Crippen molar-refractivity contribution in [3.63, 3.8) is 0 Å². The van der Waals surface area contributed by atoms with Gasteiger partial charge in [-0.25, -0.2) is 0 Å². The minimum Gasteiger partial charge on any atom is -0.493 e. The Balaban J connectivity index is 1.33. The number of hydrogen-bond acceptors (Lipinski definition) is 5. The summed E-state index contributed by atoms with van der Waals surface area (Å²) in [4.78, 5) is 4.67. The van der Waals surface area contributed by atoms with E-state index in [9.17, 15) is 0 Å². The number of fused-ring (bicyclic) bond motifs is 1. The number of hydrogen-bond donors (Lipinski definition) is 1. The summed E-state index contributed by atoms with van der Waals surface area (Å²) in [6, 6.07) is 14.3. The topological polar surface area (TPSA) is 56.0 Å². The van der Waals surface area contributed by atoms with Crippen LogP contribution in [0, 0.1) is 0 Å². The average molecular weight is 364 g/mol. The molecule has 1 aromatic heterocycles. The zero-order chi connectivity index (χ0) is 18.6. The van der Waals surface area contributed by atoms with E-state index in [2.05, 4.69) is 34.6 Å². The monoisotopic (exact) mass is 364 g/mol. The molecule has 0 aliphatic carbocycles. The summed E-state index contributed by atoms with van der Waals surface area (Å²) in [5.41, 5.74) is 1.20. The van der Waals surface area contributed by atoms with Crippen LogP contribution in [-0.4, -0.2) is 33.1 Å². The van der Waals surface area contributed by atoms with Gasteiger partial charge >= 0.3 is 0 Å². The number of benzene rings is 2. The Morgan fingerprint density at radius 1 is 1.11 bits per heavy atom. The number of nitrogens with zero attached hydrogens (tertiary/aromatic N) is 1. The molecule has 140 valence electrons. The van der Waals surface area contributed by atoms with Crippen molar-refractivity contribution in [2.45, 2.75) is 18.8 Å². The Bertz CT molecular complexity index is 961. The molecule has 0 bridgehead atoms. The van der Waals surface area contributed by atoms with Crippen LogP contribution >= 0.6 is 0 Å². The fraction of sp³-hybridized carbons (Fsp3) is 0.318. The molecular formula is C22H24N2O3. The third kappa shape index (κ3) is 3.63. The lowest BCUT2D eigenvalue weighted by molar-refractivity contribution is 0.354. The number of furan rings is 1. The molecule has 0 amide bonds. The van der Waals surface area contributed by atoms with Crippen molar-refractivity contribution < 1.29 is 13.9 Å². The molecule has 5 nitrogen and oxygen atoms in total. The Kier molecular flexibility index (Phi) is 5.01. The predicted molar refractivity (Wildman–Crippen MR) is 107 cm³/mol. The molecule has 4 rings (SSSR count). The van der Waals surface area contributed by atoms with Crippen molar-refractivity contribution >= 4 is 16.6 Å². The van der Waals surface area contributed by atoms with E-state index in [0.717, 1.165) is 54.4 Å². The minimum atomic E-state index is 0.313. The van der Waals surface area contributed by atoms with E-state index in [1.165, 1.54) is 10.9 Å². The molecular weight excluding hydrogens is 340 g/mol. The van der Waals surface area contributed by atoms with Crippen LogP contribution in [0.2, 0.25) is 0 Å². The van der Waals surface area contributed by atoms with Gasteiger partial charge in [-0.3, -0.25) is 4.99 Å². The van der Waals surface area contributed by atoms with Crippen LogP contribution in [0.15, 0.2) is 58.1 Å². The largest absolute Gasteiger partial charge is 0.493 e. The van der Waals surface area contributed by atoms with Crippen LogP contribution in [0.4, 0.5) is 0 Å². The van der Waals surface area contributed by atoms with E-state index in [0.29, 0.717) is 5.92 Å². The van der Waals surface area contributed by atoms with E-state index < -0.39 is 0 Å². The molecule has 1 unspecified atom stereocenters. The van der Waals surface area contributed by atoms with Crippen molar-refractivity contribution in [2.24, 2.45) is 4.99 Å². The Labute approximate surface area is 159 Å². The van der Waals surface area contributed by atoms with Crippen LogP contribution in [0.25, 0.3) is 10.8 Å². The summed E-state index contributed by atoms with van der Waals surface area (Å²) in [6.07, 6.45) is 3.63. The molecule has 3 aromatic rings. The first-order valence-corrected chi connectivity index (χ1v) is 9.22. The van der Waals surface area contributed by atoms with Gasteiger partial charge < -0.3 is 19.2 Å². The first kappa shape index (κ1) is 17.5. The highest BCUT2D eigenvalue weighted by molar-refractivity contribution is 5.88. The zero-order valence-corrected chi connectivity index (χ0v) is 15.7. The summed E-state index contributed by atoms with van der Waals surface area (Å²) in [7, 11) is 3.31. The fourth-order valence-electron chi connectivity index (χ4n) is 3.60. The lowest BCUT2D eigenvalue weighted by Gasteiger charge is -2.11. The van der Waals surface area contributed by atoms with Gasteiger partial charge in [0.2, 0.25) is 0 Å². The van der Waals surface area contributed by atoms with Gasteiger partial charge in [-0.15, -0.1) is 0 Å². The van der Waals surface area contributed by atoms with Crippen LogP contribution in [0.1, 0.15) is 23.7 Å². The quantitative estimate of drug-likeness (QED) is 0.713. The normalized spacial score (nSPS) is 16.4.